The number of benzene rings is 2. The van der Waals surface area contributed by atoms with Crippen LogP contribution in [0, 0.1) is 131 Å². The summed E-state index contributed by atoms with van der Waals surface area (Å²) in [6, 6.07) is 21.1. The topological polar surface area (TPSA) is 6.25 Å². The number of hydrogen-bond donors (Lipinski definition) is 0. The Bertz CT molecular complexity index is 2730. The Hall–Kier alpha value is -7.45. The predicted octanol–water partition coefficient (Wildman–Crippen LogP) is 11.1. The second kappa shape index (κ2) is 27.4. The first kappa shape index (κ1) is 48.2. The summed E-state index contributed by atoms with van der Waals surface area (Å²) in [6.07, 6.45) is 31.3. The number of fused-ring (bicyclic) bond motifs is 2. The molecule has 0 amide bonds. The molecule has 0 saturated heterocycles. The first-order valence-electron chi connectivity index (χ1n) is 22.3. The van der Waals surface area contributed by atoms with E-state index in [1.807, 2.05) is 10.6 Å². The molecule has 0 aliphatic carbocycles. The van der Waals surface area contributed by atoms with Crippen LogP contribution >= 0.6 is 0 Å². The SMILES string of the molecule is C#CC#CC#CC#CC#CC#CC#CC#CC#CC#CC#C[N+]1=C(/C=C/C=C/CC2N(CCCCCCCCCCCCCC)c3ccccc3C2(C)C)C(C)(C)c2ccccc21. The highest BCUT2D eigenvalue weighted by Gasteiger charge is 2.45. The molecule has 0 aromatic heterocycles. The van der Waals surface area contributed by atoms with Crippen molar-refractivity contribution >= 4 is 17.1 Å². The fraction of sp³-hybridized carbons (Fsp3) is 0.361. The van der Waals surface area contributed by atoms with Crippen molar-refractivity contribution in [2.45, 2.75) is 135 Å². The molecule has 310 valence electrons. The standard InChI is InChI=1S/C61H57N2/c1-7-9-11-13-15-17-19-21-22-23-24-25-26-27-28-30-32-34-36-45-53-63-57-49-43-41-47-55(57)61(5,6)59(63)51-39-37-38-50-58-60(3,4)54-46-40-42-48-56(54)62(58)52-44-35-33-31-29-20-18-16-14-12-10-8-2/h1,37-43,46-49,51,58H,8,10,12,14,16,18,20,29,31,33,35,44,50,52H2,2-6H3/q+1/b38-37+,51-39+. The first-order chi connectivity index (χ1) is 30.8. The molecule has 0 bridgehead atoms. The molecule has 0 spiro atoms. The van der Waals surface area contributed by atoms with Gasteiger partial charge in [0.05, 0.1) is 11.3 Å². The second-order valence-electron chi connectivity index (χ2n) is 16.4. The molecule has 63 heavy (non-hydrogen) atoms. The number of anilines is 1. The van der Waals surface area contributed by atoms with Gasteiger partial charge in [0.15, 0.2) is 0 Å². The van der Waals surface area contributed by atoms with Crippen LogP contribution in [0.3, 0.4) is 0 Å². The summed E-state index contributed by atoms with van der Waals surface area (Å²) >= 11 is 0. The zero-order valence-electron chi connectivity index (χ0n) is 37.9. The normalized spacial score (nSPS) is 13.9. The van der Waals surface area contributed by atoms with Crippen molar-refractivity contribution in [2.24, 2.45) is 0 Å². The summed E-state index contributed by atoms with van der Waals surface area (Å²) in [6.45, 7) is 12.7. The molecule has 0 radical (unpaired) electrons. The highest BCUT2D eigenvalue weighted by molar-refractivity contribution is 6.03. The van der Waals surface area contributed by atoms with E-state index in [0.29, 0.717) is 6.04 Å². The Balaban J connectivity index is 1.36. The second-order valence-corrected chi connectivity index (χ2v) is 16.4. The smallest absolute Gasteiger partial charge is 0.243 e. The van der Waals surface area contributed by atoms with Gasteiger partial charge in [-0.2, -0.15) is 0 Å². The van der Waals surface area contributed by atoms with E-state index in [4.69, 9.17) is 6.42 Å². The third kappa shape index (κ3) is 15.5. The molecule has 4 rings (SSSR count). The maximum absolute atomic E-state index is 5.00. The number of nitrogens with zero attached hydrogens (tertiary/aromatic N) is 2. The highest BCUT2D eigenvalue weighted by atomic mass is 15.2. The van der Waals surface area contributed by atoms with E-state index < -0.39 is 0 Å². The summed E-state index contributed by atoms with van der Waals surface area (Å²) in [5.74, 6) is 51.7. The van der Waals surface area contributed by atoms with Crippen molar-refractivity contribution in [1.29, 1.82) is 0 Å². The molecule has 2 nitrogen and oxygen atoms in total. The zero-order valence-corrected chi connectivity index (χ0v) is 37.9. The Morgan fingerprint density at radius 2 is 1.02 bits per heavy atom. The lowest BCUT2D eigenvalue weighted by atomic mass is 9.79. The van der Waals surface area contributed by atoms with Gasteiger partial charge in [0.2, 0.25) is 17.4 Å². The summed E-state index contributed by atoms with van der Waals surface area (Å²) in [4.78, 5) is 2.70. The fourth-order valence-corrected chi connectivity index (χ4v) is 8.06. The molecule has 2 aliphatic heterocycles. The van der Waals surface area contributed by atoms with Gasteiger partial charge in [-0.25, -0.2) is 0 Å². The third-order valence-electron chi connectivity index (χ3n) is 11.3. The fourth-order valence-electron chi connectivity index (χ4n) is 8.06. The van der Waals surface area contributed by atoms with E-state index in [0.717, 1.165) is 24.4 Å². The van der Waals surface area contributed by atoms with Gasteiger partial charge in [0, 0.05) is 107 Å². The number of rotatable bonds is 17. The predicted molar refractivity (Wildman–Crippen MR) is 266 cm³/mol. The van der Waals surface area contributed by atoms with Gasteiger partial charge >= 0.3 is 0 Å². The molecule has 2 aliphatic rings. The lowest BCUT2D eigenvalue weighted by molar-refractivity contribution is -0.332. The van der Waals surface area contributed by atoms with Gasteiger partial charge in [0.25, 0.3) is 0 Å². The van der Waals surface area contributed by atoms with Gasteiger partial charge in [-0.1, -0.05) is 146 Å². The van der Waals surface area contributed by atoms with E-state index in [-0.39, 0.29) is 10.8 Å². The van der Waals surface area contributed by atoms with E-state index >= 15 is 0 Å². The Morgan fingerprint density at radius 3 is 1.56 bits per heavy atom. The number of para-hydroxylation sites is 2. The minimum absolute atomic E-state index is 0.0588. The van der Waals surface area contributed by atoms with Crippen LogP contribution in [0.15, 0.2) is 72.8 Å². The molecule has 1 unspecified atom stereocenters. The van der Waals surface area contributed by atoms with Crippen molar-refractivity contribution in [3.63, 3.8) is 0 Å². The minimum Gasteiger partial charge on any atom is -0.367 e. The largest absolute Gasteiger partial charge is 0.367 e. The van der Waals surface area contributed by atoms with Crippen molar-refractivity contribution < 1.29 is 4.58 Å². The van der Waals surface area contributed by atoms with Gasteiger partial charge in [0.1, 0.15) is 0 Å². The summed E-state index contributed by atoms with van der Waals surface area (Å²) in [7, 11) is 0. The van der Waals surface area contributed by atoms with Gasteiger partial charge in [-0.15, -0.1) is 11.0 Å². The van der Waals surface area contributed by atoms with E-state index in [1.54, 1.807) is 0 Å². The zero-order chi connectivity index (χ0) is 44.9. The van der Waals surface area contributed by atoms with E-state index in [9.17, 15) is 0 Å². The Kier molecular flexibility index (Phi) is 21.0. The monoisotopic (exact) mass is 817 g/mol. The summed E-state index contributed by atoms with van der Waals surface area (Å²) < 4.78 is 2.05. The first-order valence-corrected chi connectivity index (χ1v) is 22.3. The van der Waals surface area contributed by atoms with Crippen LogP contribution in [-0.4, -0.2) is 22.9 Å². The molecule has 0 saturated carbocycles. The van der Waals surface area contributed by atoms with Crippen molar-refractivity contribution in [1.82, 2.24) is 0 Å². The van der Waals surface area contributed by atoms with Crippen LogP contribution in [0.2, 0.25) is 0 Å². The lowest BCUT2D eigenvalue weighted by Gasteiger charge is -2.34. The molecule has 1 atom stereocenters. The minimum atomic E-state index is -0.238. The number of terminal acetylenes is 1. The average Bonchev–Trinajstić information content (AvgIpc) is 3.63. The molecule has 0 fully saturated rings. The highest BCUT2D eigenvalue weighted by Crippen LogP contribution is 2.46. The average molecular weight is 818 g/mol. The summed E-state index contributed by atoms with van der Waals surface area (Å²) in [5.41, 5.74) is 6.08. The Labute approximate surface area is 381 Å². The van der Waals surface area contributed by atoms with Crippen LogP contribution in [0.4, 0.5) is 11.4 Å². The number of hydrogen-bond acceptors (Lipinski definition) is 1. The molecule has 2 aromatic carbocycles. The van der Waals surface area contributed by atoms with Crippen molar-refractivity contribution in [2.75, 3.05) is 11.4 Å². The lowest BCUT2D eigenvalue weighted by Crippen LogP contribution is -2.41. The van der Waals surface area contributed by atoms with E-state index in [2.05, 4.69) is 231 Å². The number of allylic oxidation sites excluding steroid dienone is 3. The molecule has 2 heteroatoms. The van der Waals surface area contributed by atoms with Gasteiger partial charge < -0.3 is 4.90 Å². The van der Waals surface area contributed by atoms with Crippen molar-refractivity contribution in [3.05, 3.63) is 84.0 Å². The molecular weight excluding hydrogens is 761 g/mol. The third-order valence-corrected chi connectivity index (χ3v) is 11.3. The quantitative estimate of drug-likeness (QED) is 0.0667. The number of unbranched alkanes of at least 4 members (excludes halogenated alkanes) is 11. The maximum Gasteiger partial charge on any atom is 0.243 e. The van der Waals surface area contributed by atoms with Gasteiger partial charge in [-0.3, -0.25) is 0 Å². The van der Waals surface area contributed by atoms with Crippen LogP contribution in [0.1, 0.15) is 129 Å². The van der Waals surface area contributed by atoms with Crippen LogP contribution < -0.4 is 4.90 Å². The molecule has 0 N–H and O–H groups in total. The Morgan fingerprint density at radius 1 is 0.556 bits per heavy atom. The molecule has 2 heterocycles. The van der Waals surface area contributed by atoms with Crippen LogP contribution in [0.5, 0.6) is 0 Å². The van der Waals surface area contributed by atoms with Crippen molar-refractivity contribution in [3.8, 4) is 131 Å². The van der Waals surface area contributed by atoms with Crippen LogP contribution in [-0.2, 0) is 10.8 Å². The summed E-state index contributed by atoms with van der Waals surface area (Å²) in [5, 5.41) is 0. The van der Waals surface area contributed by atoms with Gasteiger partial charge in [-0.05, 0) is 85.7 Å². The van der Waals surface area contributed by atoms with Crippen LogP contribution in [0.25, 0.3) is 0 Å². The maximum atomic E-state index is 5.00. The van der Waals surface area contributed by atoms with E-state index in [1.165, 1.54) is 93.9 Å². The molecule has 2 aromatic rings. The molecular formula is C61H57N2+.